The number of hydrogen-bond acceptors (Lipinski definition) is 6. The first kappa shape index (κ1) is 22.2. The number of thiophene rings is 1. The fraction of sp³-hybridized carbons (Fsp3) is 0.115. The molecule has 1 N–H and O–H groups in total. The van der Waals surface area contributed by atoms with Gasteiger partial charge in [-0.15, -0.1) is 11.3 Å². The summed E-state index contributed by atoms with van der Waals surface area (Å²) in [5, 5.41) is 7.73. The number of fused-ring (bicyclic) bond motifs is 1. The molecule has 4 rings (SSSR count). The monoisotopic (exact) mass is 458 g/mol. The molecular formula is C26H22N2O4S. The molecule has 0 atom stereocenters. The van der Waals surface area contributed by atoms with Gasteiger partial charge in [-0.3, -0.25) is 4.79 Å². The summed E-state index contributed by atoms with van der Waals surface area (Å²) in [7, 11) is 0. The van der Waals surface area contributed by atoms with Crippen LogP contribution in [0.5, 0.6) is 11.5 Å². The zero-order valence-corrected chi connectivity index (χ0v) is 18.8. The summed E-state index contributed by atoms with van der Waals surface area (Å²) >= 11 is 1.52. The molecule has 6 nitrogen and oxygen atoms in total. The molecule has 0 saturated heterocycles. The van der Waals surface area contributed by atoms with Crippen molar-refractivity contribution < 1.29 is 19.1 Å². The fourth-order valence-corrected chi connectivity index (χ4v) is 4.01. The van der Waals surface area contributed by atoms with Gasteiger partial charge in [0.25, 0.3) is 0 Å². The van der Waals surface area contributed by atoms with E-state index in [2.05, 4.69) is 10.5 Å². The van der Waals surface area contributed by atoms with Crippen molar-refractivity contribution in [2.45, 2.75) is 13.3 Å². The van der Waals surface area contributed by atoms with Crippen LogP contribution in [0.2, 0.25) is 0 Å². The Bertz CT molecular complexity index is 1290. The fourth-order valence-electron chi connectivity index (χ4n) is 3.31. The first-order valence-corrected chi connectivity index (χ1v) is 11.3. The van der Waals surface area contributed by atoms with Crippen LogP contribution in [0.1, 0.15) is 27.7 Å². The number of ether oxygens (including phenoxy) is 2. The number of nitrogens with zero attached hydrogens (tertiary/aromatic N) is 1. The molecule has 0 spiro atoms. The second kappa shape index (κ2) is 10.6. The summed E-state index contributed by atoms with van der Waals surface area (Å²) in [6, 6.07) is 22.1. The molecule has 166 valence electrons. The van der Waals surface area contributed by atoms with E-state index >= 15 is 0 Å². The van der Waals surface area contributed by atoms with Gasteiger partial charge in [-0.1, -0.05) is 42.5 Å². The number of carbonyl (C=O) groups excluding carboxylic acids is 2. The molecule has 0 saturated carbocycles. The number of hydrazone groups is 1. The molecule has 0 radical (unpaired) electrons. The van der Waals surface area contributed by atoms with Crippen LogP contribution in [-0.4, -0.2) is 24.7 Å². The number of nitrogens with one attached hydrogen (secondary N) is 1. The van der Waals surface area contributed by atoms with Crippen molar-refractivity contribution in [3.05, 3.63) is 94.2 Å². The normalized spacial score (nSPS) is 10.9. The molecule has 3 aromatic carbocycles. The summed E-state index contributed by atoms with van der Waals surface area (Å²) in [5.74, 6) is 0.0722. The zero-order chi connectivity index (χ0) is 23.0. The summed E-state index contributed by atoms with van der Waals surface area (Å²) in [6.45, 7) is 2.25. The zero-order valence-electron chi connectivity index (χ0n) is 18.0. The van der Waals surface area contributed by atoms with Crippen LogP contribution in [0.3, 0.4) is 0 Å². The van der Waals surface area contributed by atoms with E-state index in [1.807, 2.05) is 60.8 Å². The van der Waals surface area contributed by atoms with Gasteiger partial charge in [0.05, 0.1) is 24.8 Å². The third-order valence-corrected chi connectivity index (χ3v) is 5.67. The van der Waals surface area contributed by atoms with Crippen molar-refractivity contribution in [2.24, 2.45) is 5.10 Å². The maximum Gasteiger partial charge on any atom is 0.344 e. The van der Waals surface area contributed by atoms with Gasteiger partial charge in [0, 0.05) is 4.88 Å². The summed E-state index contributed by atoms with van der Waals surface area (Å²) in [4.78, 5) is 25.8. The van der Waals surface area contributed by atoms with Crippen LogP contribution in [0.4, 0.5) is 0 Å². The quantitative estimate of drug-likeness (QED) is 0.170. The Morgan fingerprint density at radius 1 is 1.00 bits per heavy atom. The van der Waals surface area contributed by atoms with Crippen LogP contribution in [-0.2, 0) is 11.2 Å². The highest BCUT2D eigenvalue weighted by molar-refractivity contribution is 7.10. The van der Waals surface area contributed by atoms with Gasteiger partial charge in [-0.05, 0) is 59.0 Å². The van der Waals surface area contributed by atoms with E-state index in [4.69, 9.17) is 9.47 Å². The van der Waals surface area contributed by atoms with Crippen LogP contribution in [0.25, 0.3) is 10.8 Å². The van der Waals surface area contributed by atoms with Crippen molar-refractivity contribution in [3.8, 4) is 11.5 Å². The largest absolute Gasteiger partial charge is 0.490 e. The minimum atomic E-state index is -0.463. The molecule has 0 aliphatic rings. The first-order chi connectivity index (χ1) is 16.1. The molecule has 0 bridgehead atoms. The van der Waals surface area contributed by atoms with Gasteiger partial charge >= 0.3 is 5.97 Å². The molecule has 0 aliphatic carbocycles. The number of carbonyl (C=O) groups is 2. The van der Waals surface area contributed by atoms with E-state index in [1.165, 1.54) is 17.6 Å². The lowest BCUT2D eigenvalue weighted by molar-refractivity contribution is -0.120. The predicted octanol–water partition coefficient (Wildman–Crippen LogP) is 5.21. The highest BCUT2D eigenvalue weighted by Gasteiger charge is 2.15. The van der Waals surface area contributed by atoms with Gasteiger partial charge in [0.2, 0.25) is 5.91 Å². The maximum atomic E-state index is 12.9. The standard InChI is InChI=1S/C26H22N2O4S/c1-2-31-24-15-18(17-27-28-25(29)16-20-9-6-14-33-20)12-13-23(24)32-26(30)22-11-5-8-19-7-3-4-10-21(19)22/h3-15,17H,2,16H2,1H3,(H,28,29)/b27-17-. The molecule has 33 heavy (non-hydrogen) atoms. The second-order valence-corrected chi connectivity index (χ2v) is 8.14. The van der Waals surface area contributed by atoms with Crippen LogP contribution in [0, 0.1) is 0 Å². The van der Waals surface area contributed by atoms with Crippen molar-refractivity contribution in [1.29, 1.82) is 0 Å². The summed E-state index contributed by atoms with van der Waals surface area (Å²) in [5.41, 5.74) is 3.69. The smallest absolute Gasteiger partial charge is 0.344 e. The van der Waals surface area contributed by atoms with Crippen molar-refractivity contribution >= 4 is 40.2 Å². The molecule has 0 fully saturated rings. The summed E-state index contributed by atoms with van der Waals surface area (Å²) < 4.78 is 11.3. The van der Waals surface area contributed by atoms with E-state index in [9.17, 15) is 9.59 Å². The Hall–Kier alpha value is -3.97. The minimum Gasteiger partial charge on any atom is -0.490 e. The molecule has 1 aromatic heterocycles. The van der Waals surface area contributed by atoms with Gasteiger partial charge < -0.3 is 9.47 Å². The topological polar surface area (TPSA) is 77.0 Å². The van der Waals surface area contributed by atoms with Crippen LogP contribution < -0.4 is 14.9 Å². The highest BCUT2D eigenvalue weighted by atomic mass is 32.1. The Labute approximate surface area is 195 Å². The third-order valence-electron chi connectivity index (χ3n) is 4.80. The number of benzene rings is 3. The van der Waals surface area contributed by atoms with E-state index in [1.54, 1.807) is 24.3 Å². The Kier molecular flexibility index (Phi) is 7.12. The Balaban J connectivity index is 1.47. The van der Waals surface area contributed by atoms with Crippen molar-refractivity contribution in [2.75, 3.05) is 6.61 Å². The van der Waals surface area contributed by atoms with Gasteiger partial charge in [0.1, 0.15) is 0 Å². The first-order valence-electron chi connectivity index (χ1n) is 10.4. The second-order valence-electron chi connectivity index (χ2n) is 7.10. The minimum absolute atomic E-state index is 0.195. The number of amides is 1. The van der Waals surface area contributed by atoms with Crippen molar-refractivity contribution in [3.63, 3.8) is 0 Å². The Morgan fingerprint density at radius 2 is 1.85 bits per heavy atom. The lowest BCUT2D eigenvalue weighted by atomic mass is 10.0. The maximum absolute atomic E-state index is 12.9. The average Bonchev–Trinajstić information content (AvgIpc) is 3.33. The average molecular weight is 459 g/mol. The lowest BCUT2D eigenvalue weighted by Crippen LogP contribution is -2.19. The number of rotatable bonds is 8. The molecule has 0 aliphatic heterocycles. The number of hydrogen-bond donors (Lipinski definition) is 1. The van der Waals surface area contributed by atoms with Crippen LogP contribution >= 0.6 is 11.3 Å². The van der Waals surface area contributed by atoms with E-state index < -0.39 is 5.97 Å². The molecular weight excluding hydrogens is 436 g/mol. The van der Waals surface area contributed by atoms with E-state index in [-0.39, 0.29) is 12.3 Å². The predicted molar refractivity (Wildman–Crippen MR) is 130 cm³/mol. The molecule has 7 heteroatoms. The van der Waals surface area contributed by atoms with Gasteiger partial charge in [0.15, 0.2) is 11.5 Å². The van der Waals surface area contributed by atoms with Crippen LogP contribution in [0.15, 0.2) is 83.3 Å². The third kappa shape index (κ3) is 5.64. The molecule has 0 unspecified atom stereocenters. The van der Waals surface area contributed by atoms with E-state index in [0.29, 0.717) is 29.2 Å². The molecule has 1 amide bonds. The molecule has 4 aromatic rings. The Morgan fingerprint density at radius 3 is 2.67 bits per heavy atom. The van der Waals surface area contributed by atoms with Crippen molar-refractivity contribution in [1.82, 2.24) is 5.43 Å². The SMILES string of the molecule is CCOc1cc(/C=N\NC(=O)Cc2cccs2)ccc1OC(=O)c1cccc2ccccc12. The molecule has 1 heterocycles. The highest BCUT2D eigenvalue weighted by Crippen LogP contribution is 2.30. The van der Waals surface area contributed by atoms with Gasteiger partial charge in [-0.2, -0.15) is 5.10 Å². The van der Waals surface area contributed by atoms with Gasteiger partial charge in [-0.25, -0.2) is 10.2 Å². The lowest BCUT2D eigenvalue weighted by Gasteiger charge is -2.12. The number of esters is 1. The summed E-state index contributed by atoms with van der Waals surface area (Å²) in [6.07, 6.45) is 1.80. The van der Waals surface area contributed by atoms with E-state index in [0.717, 1.165) is 15.6 Å².